The van der Waals surface area contributed by atoms with Gasteiger partial charge < -0.3 is 9.84 Å². The maximum Gasteiger partial charge on any atom is 0.0840 e. The van der Waals surface area contributed by atoms with Crippen LogP contribution in [0.5, 0.6) is 0 Å². The standard InChI is InChI=1S/C19H22O2/c20-19(18-7-4-12-21-14-18)17-10-8-16(9-11-17)13-15-5-2-1-3-6-15/h1-3,5-6,8-11,18-20H,4,7,12-14H2. The Morgan fingerprint density at radius 1 is 1.00 bits per heavy atom. The largest absolute Gasteiger partial charge is 0.388 e. The first kappa shape index (κ1) is 14.3. The molecule has 1 fully saturated rings. The predicted octanol–water partition coefficient (Wildman–Crippen LogP) is 3.74. The van der Waals surface area contributed by atoms with Gasteiger partial charge in [-0.05, 0) is 36.0 Å². The van der Waals surface area contributed by atoms with Crippen LogP contribution in [0, 0.1) is 5.92 Å². The van der Waals surface area contributed by atoms with E-state index in [1.165, 1.54) is 11.1 Å². The smallest absolute Gasteiger partial charge is 0.0840 e. The van der Waals surface area contributed by atoms with Crippen molar-refractivity contribution >= 4 is 0 Å². The Kier molecular flexibility index (Phi) is 4.69. The number of benzene rings is 2. The Morgan fingerprint density at radius 2 is 1.71 bits per heavy atom. The van der Waals surface area contributed by atoms with Gasteiger partial charge in [0.25, 0.3) is 0 Å². The molecule has 110 valence electrons. The van der Waals surface area contributed by atoms with Gasteiger partial charge in [-0.1, -0.05) is 54.6 Å². The minimum Gasteiger partial charge on any atom is -0.388 e. The Labute approximate surface area is 126 Å². The van der Waals surface area contributed by atoms with Gasteiger partial charge >= 0.3 is 0 Å². The average Bonchev–Trinajstić information content (AvgIpc) is 2.57. The molecule has 0 aromatic heterocycles. The second kappa shape index (κ2) is 6.88. The maximum absolute atomic E-state index is 10.4. The van der Waals surface area contributed by atoms with Crippen LogP contribution >= 0.6 is 0 Å². The Bertz CT molecular complexity index is 542. The van der Waals surface area contributed by atoms with Gasteiger partial charge in [0.1, 0.15) is 0 Å². The van der Waals surface area contributed by atoms with Crippen molar-refractivity contribution in [1.82, 2.24) is 0 Å². The van der Waals surface area contributed by atoms with E-state index in [0.717, 1.165) is 31.4 Å². The summed E-state index contributed by atoms with van der Waals surface area (Å²) < 4.78 is 5.47. The van der Waals surface area contributed by atoms with E-state index in [1.54, 1.807) is 0 Å². The van der Waals surface area contributed by atoms with E-state index >= 15 is 0 Å². The number of hydrogen-bond acceptors (Lipinski definition) is 2. The summed E-state index contributed by atoms with van der Waals surface area (Å²) in [5, 5.41) is 10.4. The third-order valence-corrected chi connectivity index (χ3v) is 4.21. The van der Waals surface area contributed by atoms with Gasteiger partial charge in [0.15, 0.2) is 0 Å². The first-order chi connectivity index (χ1) is 10.3. The van der Waals surface area contributed by atoms with Crippen molar-refractivity contribution in [3.63, 3.8) is 0 Å². The van der Waals surface area contributed by atoms with Crippen molar-refractivity contribution in [3.8, 4) is 0 Å². The molecule has 2 aromatic carbocycles. The third-order valence-electron chi connectivity index (χ3n) is 4.21. The van der Waals surface area contributed by atoms with Crippen molar-refractivity contribution in [2.45, 2.75) is 25.4 Å². The van der Waals surface area contributed by atoms with Crippen molar-refractivity contribution in [1.29, 1.82) is 0 Å². The molecular formula is C19H22O2. The van der Waals surface area contributed by atoms with Crippen molar-refractivity contribution in [3.05, 3.63) is 71.3 Å². The topological polar surface area (TPSA) is 29.5 Å². The lowest BCUT2D eigenvalue weighted by atomic mass is 9.90. The molecule has 0 amide bonds. The number of hydrogen-bond donors (Lipinski definition) is 1. The number of aliphatic hydroxyl groups is 1. The van der Waals surface area contributed by atoms with Gasteiger partial charge in [0.2, 0.25) is 0 Å². The second-order valence-corrected chi connectivity index (χ2v) is 5.83. The van der Waals surface area contributed by atoms with Gasteiger partial charge in [0.05, 0.1) is 12.7 Å². The minimum atomic E-state index is -0.406. The molecule has 0 aliphatic carbocycles. The van der Waals surface area contributed by atoms with E-state index in [0.29, 0.717) is 6.61 Å². The third kappa shape index (κ3) is 3.72. The molecule has 1 aliphatic rings. The van der Waals surface area contributed by atoms with Crippen LogP contribution < -0.4 is 0 Å². The lowest BCUT2D eigenvalue weighted by Crippen LogP contribution is -2.23. The van der Waals surface area contributed by atoms with E-state index in [4.69, 9.17) is 4.74 Å². The van der Waals surface area contributed by atoms with Crippen LogP contribution in [0.3, 0.4) is 0 Å². The summed E-state index contributed by atoms with van der Waals surface area (Å²) in [6, 6.07) is 18.8. The fraction of sp³-hybridized carbons (Fsp3) is 0.368. The summed E-state index contributed by atoms with van der Waals surface area (Å²) in [5.41, 5.74) is 3.59. The zero-order valence-corrected chi connectivity index (χ0v) is 12.2. The van der Waals surface area contributed by atoms with Crippen LogP contribution in [0.1, 0.15) is 35.6 Å². The van der Waals surface area contributed by atoms with E-state index < -0.39 is 6.10 Å². The quantitative estimate of drug-likeness (QED) is 0.925. The van der Waals surface area contributed by atoms with Crippen LogP contribution in [-0.4, -0.2) is 18.3 Å². The van der Waals surface area contributed by atoms with Crippen molar-refractivity contribution in [2.75, 3.05) is 13.2 Å². The minimum absolute atomic E-state index is 0.235. The molecule has 1 saturated heterocycles. The number of aliphatic hydroxyl groups excluding tert-OH is 1. The molecule has 2 atom stereocenters. The molecule has 0 bridgehead atoms. The molecule has 21 heavy (non-hydrogen) atoms. The molecule has 0 saturated carbocycles. The molecule has 2 heteroatoms. The normalized spacial score (nSPS) is 20.1. The lowest BCUT2D eigenvalue weighted by Gasteiger charge is -2.27. The molecule has 1 aliphatic heterocycles. The number of rotatable bonds is 4. The summed E-state index contributed by atoms with van der Waals surface area (Å²) in [6.45, 7) is 1.51. The summed E-state index contributed by atoms with van der Waals surface area (Å²) in [6.07, 6.45) is 2.63. The SMILES string of the molecule is OC(c1ccc(Cc2ccccc2)cc1)C1CCCOC1. The second-order valence-electron chi connectivity index (χ2n) is 5.83. The first-order valence-corrected chi connectivity index (χ1v) is 7.71. The predicted molar refractivity (Wildman–Crippen MR) is 84.2 cm³/mol. The van der Waals surface area contributed by atoms with Gasteiger partial charge in [-0.2, -0.15) is 0 Å². The highest BCUT2D eigenvalue weighted by atomic mass is 16.5. The average molecular weight is 282 g/mol. The van der Waals surface area contributed by atoms with Crippen molar-refractivity contribution < 1.29 is 9.84 Å². The number of ether oxygens (including phenoxy) is 1. The summed E-state index contributed by atoms with van der Waals surface area (Å²) >= 11 is 0. The molecule has 0 spiro atoms. The molecule has 1 N–H and O–H groups in total. The van der Waals surface area contributed by atoms with E-state index in [2.05, 4.69) is 48.5 Å². The Balaban J connectivity index is 1.66. The molecule has 1 heterocycles. The van der Waals surface area contributed by atoms with Crippen LogP contribution in [0.2, 0.25) is 0 Å². The van der Waals surface area contributed by atoms with Crippen LogP contribution in [0.15, 0.2) is 54.6 Å². The van der Waals surface area contributed by atoms with Crippen molar-refractivity contribution in [2.24, 2.45) is 5.92 Å². The van der Waals surface area contributed by atoms with Crippen LogP contribution in [-0.2, 0) is 11.2 Å². The van der Waals surface area contributed by atoms with Gasteiger partial charge in [-0.3, -0.25) is 0 Å². The van der Waals surface area contributed by atoms with Gasteiger partial charge in [-0.15, -0.1) is 0 Å². The zero-order valence-electron chi connectivity index (χ0n) is 12.2. The fourth-order valence-electron chi connectivity index (χ4n) is 2.95. The Hall–Kier alpha value is -1.64. The highest BCUT2D eigenvalue weighted by molar-refractivity contribution is 5.29. The summed E-state index contributed by atoms with van der Waals surface area (Å²) in [7, 11) is 0. The molecule has 2 aromatic rings. The lowest BCUT2D eigenvalue weighted by molar-refractivity contribution is -0.00996. The fourth-order valence-corrected chi connectivity index (χ4v) is 2.95. The Morgan fingerprint density at radius 3 is 2.38 bits per heavy atom. The van der Waals surface area contributed by atoms with Crippen LogP contribution in [0.4, 0.5) is 0 Å². The zero-order chi connectivity index (χ0) is 14.5. The monoisotopic (exact) mass is 282 g/mol. The maximum atomic E-state index is 10.4. The summed E-state index contributed by atoms with van der Waals surface area (Å²) in [4.78, 5) is 0. The van der Waals surface area contributed by atoms with E-state index in [1.807, 2.05) is 6.07 Å². The molecule has 0 radical (unpaired) electrons. The first-order valence-electron chi connectivity index (χ1n) is 7.71. The molecule has 2 unspecified atom stereocenters. The van der Waals surface area contributed by atoms with Gasteiger partial charge in [-0.25, -0.2) is 0 Å². The van der Waals surface area contributed by atoms with Gasteiger partial charge in [0, 0.05) is 12.5 Å². The molecular weight excluding hydrogens is 260 g/mol. The highest BCUT2D eigenvalue weighted by Crippen LogP contribution is 2.28. The molecule has 3 rings (SSSR count). The highest BCUT2D eigenvalue weighted by Gasteiger charge is 2.23. The van der Waals surface area contributed by atoms with E-state index in [-0.39, 0.29) is 5.92 Å². The van der Waals surface area contributed by atoms with E-state index in [9.17, 15) is 5.11 Å². The molecule has 2 nitrogen and oxygen atoms in total. The van der Waals surface area contributed by atoms with Crippen LogP contribution in [0.25, 0.3) is 0 Å². The summed E-state index contributed by atoms with van der Waals surface area (Å²) in [5.74, 6) is 0.235.